The Hall–Kier alpha value is -1.75. The van der Waals surface area contributed by atoms with E-state index >= 15 is 0 Å². The topological polar surface area (TPSA) is 59.2 Å². The largest absolute Gasteiger partial charge is 0.434 e. The molecule has 2 aromatic heterocycles. The van der Waals surface area contributed by atoms with Crippen molar-refractivity contribution in [3.63, 3.8) is 0 Å². The molecular formula is C27H32Cl3F3N6. The van der Waals surface area contributed by atoms with Gasteiger partial charge in [-0.05, 0) is 55.2 Å². The number of benzene rings is 1. The maximum atomic E-state index is 13.5. The number of pyridine rings is 1. The summed E-state index contributed by atoms with van der Waals surface area (Å²) in [6, 6.07) is 9.52. The van der Waals surface area contributed by atoms with Gasteiger partial charge in [-0.3, -0.25) is 4.90 Å². The fourth-order valence-corrected chi connectivity index (χ4v) is 6.40. The highest BCUT2D eigenvalue weighted by Crippen LogP contribution is 2.37. The van der Waals surface area contributed by atoms with E-state index in [1.807, 2.05) is 23.1 Å². The highest BCUT2D eigenvalue weighted by Gasteiger charge is 2.38. The van der Waals surface area contributed by atoms with Crippen LogP contribution in [0.1, 0.15) is 42.3 Å². The lowest BCUT2D eigenvalue weighted by Crippen LogP contribution is -2.58. The lowest BCUT2D eigenvalue weighted by Gasteiger charge is -2.44. The minimum absolute atomic E-state index is 0. The van der Waals surface area contributed by atoms with E-state index in [1.54, 1.807) is 6.07 Å². The van der Waals surface area contributed by atoms with Crippen molar-refractivity contribution < 1.29 is 13.2 Å². The summed E-state index contributed by atoms with van der Waals surface area (Å²) < 4.78 is 40.6. The number of nitrogens with zero attached hydrogens (tertiary/aromatic N) is 3. The van der Waals surface area contributed by atoms with Crippen molar-refractivity contribution in [2.24, 2.45) is 0 Å². The van der Waals surface area contributed by atoms with Gasteiger partial charge in [0.05, 0.1) is 17.1 Å². The van der Waals surface area contributed by atoms with Crippen LogP contribution in [0.15, 0.2) is 30.3 Å². The fourth-order valence-electron chi connectivity index (χ4n) is 6.02. The van der Waals surface area contributed by atoms with Crippen molar-refractivity contribution >= 4 is 52.3 Å². The number of piperazine rings is 1. The summed E-state index contributed by atoms with van der Waals surface area (Å²) in [5.74, 6) is 0.315. The highest BCUT2D eigenvalue weighted by atomic mass is 35.5. The monoisotopic (exact) mass is 602 g/mol. The Morgan fingerprint density at radius 3 is 2.67 bits per heavy atom. The molecule has 3 N–H and O–H groups in total. The zero-order valence-electron chi connectivity index (χ0n) is 21.3. The summed E-state index contributed by atoms with van der Waals surface area (Å²) >= 11 is 12.2. The van der Waals surface area contributed by atoms with Gasteiger partial charge in [-0.25, -0.2) is 4.98 Å². The van der Waals surface area contributed by atoms with Crippen LogP contribution in [0.3, 0.4) is 0 Å². The summed E-state index contributed by atoms with van der Waals surface area (Å²) in [6.07, 6.45) is -0.0548. The third-order valence-electron chi connectivity index (χ3n) is 8.22. The van der Waals surface area contributed by atoms with E-state index in [0.29, 0.717) is 38.0 Å². The van der Waals surface area contributed by atoms with E-state index in [1.165, 1.54) is 42.0 Å². The maximum absolute atomic E-state index is 13.5. The molecule has 2 unspecified atom stereocenters. The molecule has 1 saturated carbocycles. The second kappa shape index (κ2) is 11.6. The first kappa shape index (κ1) is 28.8. The first-order chi connectivity index (χ1) is 18.3. The van der Waals surface area contributed by atoms with Gasteiger partial charge in [0.15, 0.2) is 5.69 Å². The molecule has 0 radical (unpaired) electrons. The number of halogens is 6. The second-order valence-corrected chi connectivity index (χ2v) is 11.4. The van der Waals surface area contributed by atoms with Gasteiger partial charge in [-0.2, -0.15) is 13.2 Å². The summed E-state index contributed by atoms with van der Waals surface area (Å²) in [4.78, 5) is 12.1. The van der Waals surface area contributed by atoms with E-state index in [2.05, 4.69) is 25.5 Å². The minimum atomic E-state index is -4.60. The van der Waals surface area contributed by atoms with Crippen molar-refractivity contribution in [2.45, 2.75) is 50.0 Å². The molecule has 39 heavy (non-hydrogen) atoms. The van der Waals surface area contributed by atoms with E-state index in [9.17, 15) is 13.2 Å². The zero-order chi connectivity index (χ0) is 26.4. The first-order valence-electron chi connectivity index (χ1n) is 13.3. The molecule has 3 aromatic rings. The highest BCUT2D eigenvalue weighted by molar-refractivity contribution is 6.31. The van der Waals surface area contributed by atoms with Crippen LogP contribution in [0.25, 0.3) is 10.9 Å². The standard InChI is InChI=1S/C27H31Cl2F3N6.ClH/c28-16-4-6-22-20(12-16)19-8-10-37(23(25(19)35-22)14-34-17-2-1-3-17)15-18-13-33-9-11-38(18)24-7-5-21(29)26(36-24)27(30,31)32;/h4-7,12,17-18,23,33-35H,1-3,8-11,13-15H2;1H. The van der Waals surface area contributed by atoms with Gasteiger partial charge in [0, 0.05) is 66.9 Å². The predicted molar refractivity (Wildman–Crippen MR) is 152 cm³/mol. The van der Waals surface area contributed by atoms with Gasteiger partial charge in [0.25, 0.3) is 0 Å². The third-order valence-corrected chi connectivity index (χ3v) is 8.76. The second-order valence-electron chi connectivity index (χ2n) is 10.6. The number of hydrogen-bond donors (Lipinski definition) is 3. The molecule has 2 atom stereocenters. The van der Waals surface area contributed by atoms with Crippen LogP contribution >= 0.6 is 35.6 Å². The number of aromatic nitrogens is 2. The molecule has 0 bridgehead atoms. The lowest BCUT2D eigenvalue weighted by molar-refractivity contribution is -0.141. The number of aromatic amines is 1. The predicted octanol–water partition coefficient (Wildman–Crippen LogP) is 5.83. The van der Waals surface area contributed by atoms with Crippen molar-refractivity contribution in [1.82, 2.24) is 25.5 Å². The normalized spacial score (nSPS) is 22.4. The molecule has 1 saturated heterocycles. The quantitative estimate of drug-likeness (QED) is 0.331. The van der Waals surface area contributed by atoms with E-state index < -0.39 is 11.9 Å². The fraction of sp³-hybridized carbons (Fsp3) is 0.519. The molecular weight excluding hydrogens is 572 g/mol. The van der Waals surface area contributed by atoms with Crippen molar-refractivity contribution in [3.8, 4) is 0 Å². The summed E-state index contributed by atoms with van der Waals surface area (Å²) in [6.45, 7) is 4.30. The number of H-pyrrole nitrogens is 1. The van der Waals surface area contributed by atoms with Crippen LogP contribution in [0.2, 0.25) is 10.0 Å². The van der Waals surface area contributed by atoms with Gasteiger partial charge < -0.3 is 20.5 Å². The van der Waals surface area contributed by atoms with Crippen LogP contribution in [-0.4, -0.2) is 66.2 Å². The Morgan fingerprint density at radius 1 is 1.10 bits per heavy atom. The Balaban J connectivity index is 0.00000308. The molecule has 0 amide bonds. The summed E-state index contributed by atoms with van der Waals surface area (Å²) in [5, 5.41) is 8.71. The van der Waals surface area contributed by atoms with Crippen LogP contribution < -0.4 is 15.5 Å². The van der Waals surface area contributed by atoms with Crippen molar-refractivity contribution in [2.75, 3.05) is 44.2 Å². The van der Waals surface area contributed by atoms with Crippen molar-refractivity contribution in [1.29, 1.82) is 0 Å². The van der Waals surface area contributed by atoms with Crippen LogP contribution in [0, 0.1) is 0 Å². The number of anilines is 1. The molecule has 212 valence electrons. The molecule has 3 aliphatic rings. The maximum Gasteiger partial charge on any atom is 0.434 e. The average molecular weight is 604 g/mol. The van der Waals surface area contributed by atoms with Crippen LogP contribution in [-0.2, 0) is 12.6 Å². The molecule has 2 fully saturated rings. The average Bonchev–Trinajstić information content (AvgIpc) is 3.22. The molecule has 6 rings (SSSR count). The molecule has 1 aliphatic carbocycles. The van der Waals surface area contributed by atoms with Crippen molar-refractivity contribution in [3.05, 3.63) is 57.3 Å². The van der Waals surface area contributed by atoms with Gasteiger partial charge in [-0.15, -0.1) is 12.4 Å². The van der Waals surface area contributed by atoms with Gasteiger partial charge in [0.1, 0.15) is 5.82 Å². The Morgan fingerprint density at radius 2 is 1.92 bits per heavy atom. The number of hydrogen-bond acceptors (Lipinski definition) is 5. The molecule has 1 aromatic carbocycles. The van der Waals surface area contributed by atoms with E-state index in [-0.39, 0.29) is 29.5 Å². The van der Waals surface area contributed by atoms with Gasteiger partial charge >= 0.3 is 6.18 Å². The van der Waals surface area contributed by atoms with Crippen LogP contribution in [0.4, 0.5) is 19.0 Å². The van der Waals surface area contributed by atoms with Crippen LogP contribution in [0.5, 0.6) is 0 Å². The third kappa shape index (κ3) is 5.85. The minimum Gasteiger partial charge on any atom is -0.357 e. The summed E-state index contributed by atoms with van der Waals surface area (Å²) in [7, 11) is 0. The Bertz CT molecular complexity index is 1310. The molecule has 4 heterocycles. The molecule has 0 spiro atoms. The number of rotatable bonds is 6. The summed E-state index contributed by atoms with van der Waals surface area (Å²) in [5.41, 5.74) is 2.57. The van der Waals surface area contributed by atoms with E-state index in [0.717, 1.165) is 30.0 Å². The first-order valence-corrected chi connectivity index (χ1v) is 14.0. The molecule has 12 heteroatoms. The van der Waals surface area contributed by atoms with Gasteiger partial charge in [0.2, 0.25) is 0 Å². The smallest absolute Gasteiger partial charge is 0.357 e. The zero-order valence-corrected chi connectivity index (χ0v) is 23.7. The molecule has 2 aliphatic heterocycles. The lowest BCUT2D eigenvalue weighted by atomic mass is 9.91. The number of nitrogens with one attached hydrogen (secondary N) is 3. The number of alkyl halides is 3. The Labute approximate surface area is 242 Å². The van der Waals surface area contributed by atoms with Gasteiger partial charge in [-0.1, -0.05) is 29.6 Å². The Kier molecular flexibility index (Phi) is 8.57. The SMILES string of the molecule is Cl.FC(F)(F)c1nc(N2CCNCC2CN2CCc3c([nH]c4ccc(Cl)cc34)C2CNC2CCC2)ccc1Cl. The van der Waals surface area contributed by atoms with E-state index in [4.69, 9.17) is 23.2 Å². The molecule has 6 nitrogen and oxygen atoms in total. The number of fused-ring (bicyclic) bond motifs is 3.